The summed E-state index contributed by atoms with van der Waals surface area (Å²) in [5, 5.41) is 0. The minimum absolute atomic E-state index is 0.663. The second kappa shape index (κ2) is 6.60. The van der Waals surface area contributed by atoms with Gasteiger partial charge in [-0.3, -0.25) is 0 Å². The van der Waals surface area contributed by atoms with Crippen LogP contribution in [-0.2, 0) is 17.7 Å². The van der Waals surface area contributed by atoms with Crippen LogP contribution in [0.2, 0.25) is 0 Å². The summed E-state index contributed by atoms with van der Waals surface area (Å²) in [6.45, 7) is 0.702. The summed E-state index contributed by atoms with van der Waals surface area (Å²) in [5.74, 6) is 0.768. The first kappa shape index (κ1) is 16.8. The number of rotatable bonds is 4. The molecule has 5 nitrogen and oxygen atoms in total. The molecular weight excluding hydrogens is 422 g/mol. The summed E-state index contributed by atoms with van der Waals surface area (Å²) in [7, 11) is 1.64. The van der Waals surface area contributed by atoms with Gasteiger partial charge in [-0.2, -0.15) is 4.98 Å². The predicted molar refractivity (Wildman–Crippen MR) is 105 cm³/mol. The standard InChI is InChI=1S/C17H14BrN3O2S2/c1-23-15-7-13-14(6-11(15)18)21(9-19-13)8-10-3-4-12-16(5-10)24-17(20-12)25(2)22/h3-7,9H,8H2,1-2H3. The number of ether oxygens (including phenoxy) is 1. The molecule has 0 saturated heterocycles. The van der Waals surface area contributed by atoms with Crippen LogP contribution in [0.15, 0.2) is 45.5 Å². The van der Waals surface area contributed by atoms with E-state index in [1.54, 1.807) is 13.4 Å². The van der Waals surface area contributed by atoms with Gasteiger partial charge in [0.2, 0.25) is 0 Å². The molecule has 1 unspecified atom stereocenters. The van der Waals surface area contributed by atoms with Crippen molar-refractivity contribution in [1.29, 1.82) is 0 Å². The first-order valence-corrected chi connectivity index (χ1v) is 10.6. The van der Waals surface area contributed by atoms with E-state index in [0.717, 1.165) is 37.0 Å². The van der Waals surface area contributed by atoms with Gasteiger partial charge in [0.15, 0.2) is 0 Å². The zero-order valence-corrected chi connectivity index (χ0v) is 16.7. The molecule has 0 bridgehead atoms. The lowest BCUT2D eigenvalue weighted by atomic mass is 10.2. The maximum absolute atomic E-state index is 11.6. The van der Waals surface area contributed by atoms with Gasteiger partial charge < -0.3 is 13.9 Å². The van der Waals surface area contributed by atoms with Gasteiger partial charge in [-0.05, 0) is 39.7 Å². The third-order valence-electron chi connectivity index (χ3n) is 3.93. The third kappa shape index (κ3) is 3.15. The van der Waals surface area contributed by atoms with E-state index in [2.05, 4.69) is 42.6 Å². The van der Waals surface area contributed by atoms with Gasteiger partial charge in [0.1, 0.15) is 12.0 Å². The number of hydrogen-bond donors (Lipinski definition) is 0. The number of methoxy groups -OCH3 is 1. The number of benzene rings is 2. The van der Waals surface area contributed by atoms with Crippen LogP contribution in [0.4, 0.5) is 0 Å². The van der Waals surface area contributed by atoms with Gasteiger partial charge in [-0.25, -0.2) is 4.98 Å². The van der Waals surface area contributed by atoms with E-state index in [1.165, 1.54) is 11.3 Å². The molecule has 0 aliphatic carbocycles. The van der Waals surface area contributed by atoms with Crippen molar-refractivity contribution < 1.29 is 9.29 Å². The summed E-state index contributed by atoms with van der Waals surface area (Å²) in [6.07, 6.45) is 3.49. The lowest BCUT2D eigenvalue weighted by Crippen LogP contribution is -1.98. The number of thiazole rings is 1. The highest BCUT2D eigenvalue weighted by molar-refractivity contribution is 9.10. The SMILES string of the molecule is COc1cc2ncn(Cc3ccc4nc([S+](C)[O-])sc4c3)c2cc1Br. The summed E-state index contributed by atoms with van der Waals surface area (Å²) < 4.78 is 21.7. The highest BCUT2D eigenvalue weighted by Crippen LogP contribution is 2.31. The molecule has 1 atom stereocenters. The van der Waals surface area contributed by atoms with Gasteiger partial charge in [-0.1, -0.05) is 17.4 Å². The van der Waals surface area contributed by atoms with Crippen LogP contribution < -0.4 is 4.74 Å². The van der Waals surface area contributed by atoms with E-state index >= 15 is 0 Å². The monoisotopic (exact) mass is 435 g/mol. The molecule has 0 saturated carbocycles. The van der Waals surface area contributed by atoms with Gasteiger partial charge in [0.05, 0.1) is 39.2 Å². The lowest BCUT2D eigenvalue weighted by molar-refractivity contribution is 0.412. The molecule has 4 aromatic rings. The number of hydrogen-bond acceptors (Lipinski definition) is 5. The van der Waals surface area contributed by atoms with Crippen molar-refractivity contribution in [2.75, 3.05) is 13.4 Å². The van der Waals surface area contributed by atoms with Crippen LogP contribution in [0.25, 0.3) is 21.3 Å². The number of aromatic nitrogens is 3. The van der Waals surface area contributed by atoms with Crippen LogP contribution in [0.3, 0.4) is 0 Å². The number of nitrogens with zero attached hydrogens (tertiary/aromatic N) is 3. The highest BCUT2D eigenvalue weighted by Gasteiger charge is 2.13. The Labute approximate surface area is 160 Å². The van der Waals surface area contributed by atoms with Crippen LogP contribution in [0.1, 0.15) is 5.56 Å². The molecule has 2 aromatic carbocycles. The van der Waals surface area contributed by atoms with E-state index in [9.17, 15) is 4.55 Å². The molecule has 2 heterocycles. The molecule has 0 radical (unpaired) electrons. The quantitative estimate of drug-likeness (QED) is 0.450. The molecule has 25 heavy (non-hydrogen) atoms. The molecule has 128 valence electrons. The topological polar surface area (TPSA) is 63.0 Å². The van der Waals surface area contributed by atoms with Crippen molar-refractivity contribution in [2.24, 2.45) is 0 Å². The number of halogens is 1. The van der Waals surface area contributed by atoms with Crippen LogP contribution >= 0.6 is 27.3 Å². The Morgan fingerprint density at radius 2 is 2.12 bits per heavy atom. The molecule has 0 aliphatic rings. The first-order valence-electron chi connectivity index (χ1n) is 7.46. The van der Waals surface area contributed by atoms with Crippen molar-refractivity contribution >= 4 is 59.7 Å². The minimum Gasteiger partial charge on any atom is -0.610 e. The zero-order valence-electron chi connectivity index (χ0n) is 13.5. The maximum Gasteiger partial charge on any atom is 0.302 e. The van der Waals surface area contributed by atoms with Crippen molar-refractivity contribution in [1.82, 2.24) is 14.5 Å². The third-order valence-corrected chi connectivity index (χ3v) is 6.90. The molecular formula is C17H14BrN3O2S2. The largest absolute Gasteiger partial charge is 0.610 e. The molecule has 2 aromatic heterocycles. The van der Waals surface area contributed by atoms with E-state index in [-0.39, 0.29) is 0 Å². The molecule has 0 N–H and O–H groups in total. The lowest BCUT2D eigenvalue weighted by Gasteiger charge is -2.07. The average molecular weight is 436 g/mol. The fraction of sp³-hybridized carbons (Fsp3) is 0.176. The fourth-order valence-electron chi connectivity index (χ4n) is 2.71. The van der Waals surface area contributed by atoms with Crippen molar-refractivity contribution in [2.45, 2.75) is 10.9 Å². The Morgan fingerprint density at radius 3 is 2.88 bits per heavy atom. The van der Waals surface area contributed by atoms with Crippen molar-refractivity contribution in [3.63, 3.8) is 0 Å². The van der Waals surface area contributed by atoms with E-state index < -0.39 is 11.2 Å². The Bertz CT molecular complexity index is 1070. The van der Waals surface area contributed by atoms with Crippen LogP contribution in [0, 0.1) is 0 Å². The van der Waals surface area contributed by atoms with Gasteiger partial charge in [0.25, 0.3) is 0 Å². The molecule has 0 spiro atoms. The smallest absolute Gasteiger partial charge is 0.302 e. The minimum atomic E-state index is -1.05. The van der Waals surface area contributed by atoms with Gasteiger partial charge in [-0.15, -0.1) is 0 Å². The van der Waals surface area contributed by atoms with E-state index in [4.69, 9.17) is 4.74 Å². The number of fused-ring (bicyclic) bond motifs is 2. The second-order valence-electron chi connectivity index (χ2n) is 5.58. The molecule has 4 rings (SSSR count). The summed E-state index contributed by atoms with van der Waals surface area (Å²) in [5.41, 5.74) is 3.97. The Balaban J connectivity index is 1.71. The highest BCUT2D eigenvalue weighted by atomic mass is 79.9. The summed E-state index contributed by atoms with van der Waals surface area (Å²) in [6, 6.07) is 10.1. The number of imidazole rings is 1. The summed E-state index contributed by atoms with van der Waals surface area (Å²) >= 11 is 3.96. The Kier molecular flexibility index (Phi) is 4.45. The fourth-order valence-corrected chi connectivity index (χ4v) is 4.93. The molecule has 8 heteroatoms. The van der Waals surface area contributed by atoms with Crippen LogP contribution in [-0.4, -0.2) is 32.5 Å². The normalized spacial score (nSPS) is 12.8. The second-order valence-corrected chi connectivity index (χ2v) is 9.02. The van der Waals surface area contributed by atoms with Crippen molar-refractivity contribution in [3.8, 4) is 5.75 Å². The first-order chi connectivity index (χ1) is 12.0. The molecule has 0 fully saturated rings. The van der Waals surface area contributed by atoms with Gasteiger partial charge in [0, 0.05) is 23.8 Å². The zero-order chi connectivity index (χ0) is 17.6. The molecule has 0 aliphatic heterocycles. The van der Waals surface area contributed by atoms with Crippen molar-refractivity contribution in [3.05, 3.63) is 46.7 Å². The molecule has 0 amide bonds. The maximum atomic E-state index is 11.6. The van der Waals surface area contributed by atoms with E-state index in [1.807, 2.05) is 24.5 Å². The summed E-state index contributed by atoms with van der Waals surface area (Å²) in [4.78, 5) is 8.88. The van der Waals surface area contributed by atoms with Gasteiger partial charge >= 0.3 is 4.34 Å². The van der Waals surface area contributed by atoms with Crippen LogP contribution in [0.5, 0.6) is 5.75 Å². The Hall–Kier alpha value is -1.61. The van der Waals surface area contributed by atoms with E-state index in [0.29, 0.717) is 10.9 Å². The predicted octanol–water partition coefficient (Wildman–Crippen LogP) is 4.20. The Morgan fingerprint density at radius 1 is 1.28 bits per heavy atom. The average Bonchev–Trinajstić information content (AvgIpc) is 3.18.